The summed E-state index contributed by atoms with van der Waals surface area (Å²) in [6, 6.07) is 4.96. The SMILES string of the molecule is CCC(C)(CCBr)NC(=O)c1ccc(I)c(O)c1. The molecule has 0 aliphatic rings. The summed E-state index contributed by atoms with van der Waals surface area (Å²) in [5, 5.41) is 13.5. The molecule has 18 heavy (non-hydrogen) atoms. The molecule has 1 unspecified atom stereocenters. The molecule has 0 spiro atoms. The second-order valence-corrected chi connectivity index (χ2v) is 6.43. The van der Waals surface area contributed by atoms with Gasteiger partial charge < -0.3 is 10.4 Å². The largest absolute Gasteiger partial charge is 0.507 e. The van der Waals surface area contributed by atoms with E-state index < -0.39 is 0 Å². The highest BCUT2D eigenvalue weighted by Gasteiger charge is 2.24. The van der Waals surface area contributed by atoms with Crippen LogP contribution >= 0.6 is 38.5 Å². The number of benzene rings is 1. The minimum atomic E-state index is -0.223. The second kappa shape index (κ2) is 6.75. The fourth-order valence-corrected chi connectivity index (χ4v) is 2.75. The summed E-state index contributed by atoms with van der Waals surface area (Å²) in [5.74, 6) is -0.00561. The Morgan fingerprint density at radius 3 is 2.72 bits per heavy atom. The van der Waals surface area contributed by atoms with Crippen molar-refractivity contribution < 1.29 is 9.90 Å². The first-order valence-corrected chi connectivity index (χ1v) is 7.99. The molecule has 1 aromatic rings. The molecule has 1 aromatic carbocycles. The number of aromatic hydroxyl groups is 1. The van der Waals surface area contributed by atoms with E-state index >= 15 is 0 Å². The maximum Gasteiger partial charge on any atom is 0.251 e. The van der Waals surface area contributed by atoms with E-state index in [0.717, 1.165) is 21.7 Å². The highest BCUT2D eigenvalue weighted by molar-refractivity contribution is 14.1. The summed E-state index contributed by atoms with van der Waals surface area (Å²) < 4.78 is 0.739. The minimum Gasteiger partial charge on any atom is -0.507 e. The molecule has 1 amide bonds. The van der Waals surface area contributed by atoms with Gasteiger partial charge in [-0.05, 0) is 60.6 Å². The Bertz CT molecular complexity index is 439. The van der Waals surface area contributed by atoms with Crippen molar-refractivity contribution >= 4 is 44.4 Å². The number of rotatable bonds is 5. The van der Waals surface area contributed by atoms with Crippen LogP contribution in [0.5, 0.6) is 5.75 Å². The van der Waals surface area contributed by atoms with Crippen LogP contribution in [0.25, 0.3) is 0 Å². The smallest absolute Gasteiger partial charge is 0.251 e. The third kappa shape index (κ3) is 4.12. The van der Waals surface area contributed by atoms with Crippen molar-refractivity contribution in [3.63, 3.8) is 0 Å². The summed E-state index contributed by atoms with van der Waals surface area (Å²) in [6.45, 7) is 4.08. The Labute approximate surface area is 130 Å². The summed E-state index contributed by atoms with van der Waals surface area (Å²) in [5.41, 5.74) is 0.265. The van der Waals surface area contributed by atoms with Gasteiger partial charge in [-0.1, -0.05) is 22.9 Å². The number of carbonyl (C=O) groups excluding carboxylic acids is 1. The van der Waals surface area contributed by atoms with Gasteiger partial charge in [-0.15, -0.1) is 0 Å². The molecule has 5 heteroatoms. The van der Waals surface area contributed by atoms with Crippen LogP contribution in [-0.2, 0) is 0 Å². The number of alkyl halides is 1. The first-order chi connectivity index (χ1) is 8.41. The average molecular weight is 426 g/mol. The number of nitrogens with one attached hydrogen (secondary N) is 1. The zero-order valence-electron chi connectivity index (χ0n) is 10.5. The van der Waals surface area contributed by atoms with E-state index in [9.17, 15) is 9.90 Å². The van der Waals surface area contributed by atoms with Crippen molar-refractivity contribution in [2.75, 3.05) is 5.33 Å². The van der Waals surface area contributed by atoms with Gasteiger partial charge in [0.1, 0.15) is 5.75 Å². The molecule has 0 radical (unpaired) electrons. The van der Waals surface area contributed by atoms with E-state index in [1.165, 1.54) is 6.07 Å². The molecular weight excluding hydrogens is 409 g/mol. The summed E-state index contributed by atoms with van der Waals surface area (Å²) in [6.07, 6.45) is 1.73. The average Bonchev–Trinajstić information content (AvgIpc) is 2.32. The third-order valence-corrected chi connectivity index (χ3v) is 4.36. The number of carbonyl (C=O) groups is 1. The van der Waals surface area contributed by atoms with Crippen molar-refractivity contribution in [3.8, 4) is 5.75 Å². The summed E-state index contributed by atoms with van der Waals surface area (Å²) >= 11 is 5.43. The minimum absolute atomic E-state index is 0.141. The number of hydrogen-bond donors (Lipinski definition) is 2. The number of halogens is 2. The van der Waals surface area contributed by atoms with Gasteiger partial charge in [-0.2, -0.15) is 0 Å². The Morgan fingerprint density at radius 2 is 2.22 bits per heavy atom. The van der Waals surface area contributed by atoms with Crippen molar-refractivity contribution in [1.82, 2.24) is 5.32 Å². The van der Waals surface area contributed by atoms with Crippen molar-refractivity contribution in [2.24, 2.45) is 0 Å². The first kappa shape index (κ1) is 15.8. The van der Waals surface area contributed by atoms with E-state index in [1.54, 1.807) is 12.1 Å². The van der Waals surface area contributed by atoms with E-state index in [2.05, 4.69) is 21.2 Å². The Kier molecular flexibility index (Phi) is 5.91. The maximum absolute atomic E-state index is 12.1. The molecule has 0 heterocycles. The van der Waals surface area contributed by atoms with Gasteiger partial charge in [0, 0.05) is 16.4 Å². The fourth-order valence-electron chi connectivity index (χ4n) is 1.54. The van der Waals surface area contributed by atoms with Crippen LogP contribution in [0.2, 0.25) is 0 Å². The Hall–Kier alpha value is -0.300. The van der Waals surface area contributed by atoms with Gasteiger partial charge in [0.05, 0.1) is 3.57 Å². The molecular formula is C13H17BrINO2. The normalized spacial score (nSPS) is 14.0. The Morgan fingerprint density at radius 1 is 1.56 bits per heavy atom. The van der Waals surface area contributed by atoms with Crippen molar-refractivity contribution in [1.29, 1.82) is 0 Å². The molecule has 1 atom stereocenters. The third-order valence-electron chi connectivity index (χ3n) is 3.05. The van der Waals surface area contributed by atoms with Crippen LogP contribution in [0.15, 0.2) is 18.2 Å². The molecule has 100 valence electrons. The highest BCUT2D eigenvalue weighted by Crippen LogP contribution is 2.22. The van der Waals surface area contributed by atoms with Crippen molar-refractivity contribution in [2.45, 2.75) is 32.2 Å². The van der Waals surface area contributed by atoms with E-state index in [4.69, 9.17) is 0 Å². The molecule has 0 saturated heterocycles. The monoisotopic (exact) mass is 425 g/mol. The lowest BCUT2D eigenvalue weighted by atomic mass is 9.95. The fraction of sp³-hybridized carbons (Fsp3) is 0.462. The molecule has 1 rings (SSSR count). The van der Waals surface area contributed by atoms with Gasteiger partial charge in [0.15, 0.2) is 0 Å². The second-order valence-electron chi connectivity index (χ2n) is 4.47. The number of hydrogen-bond acceptors (Lipinski definition) is 2. The molecule has 0 aliphatic carbocycles. The number of phenolic OH excluding ortho intramolecular Hbond substituents is 1. The molecule has 0 fully saturated rings. The lowest BCUT2D eigenvalue weighted by Crippen LogP contribution is -2.45. The van der Waals surface area contributed by atoms with Gasteiger partial charge in [-0.25, -0.2) is 0 Å². The molecule has 0 aromatic heterocycles. The number of phenols is 1. The van der Waals surface area contributed by atoms with Crippen LogP contribution in [0.3, 0.4) is 0 Å². The van der Waals surface area contributed by atoms with Crippen LogP contribution in [-0.4, -0.2) is 21.9 Å². The van der Waals surface area contributed by atoms with Crippen LogP contribution in [0.4, 0.5) is 0 Å². The standard InChI is InChI=1S/C13H17BrINO2/c1-3-13(2,6-7-14)16-12(18)9-4-5-10(15)11(17)8-9/h4-5,8,17H,3,6-7H2,1-2H3,(H,16,18). The van der Waals surface area contributed by atoms with Crippen LogP contribution < -0.4 is 5.32 Å². The lowest BCUT2D eigenvalue weighted by molar-refractivity contribution is 0.0901. The van der Waals surface area contributed by atoms with E-state index in [1.807, 2.05) is 36.4 Å². The van der Waals surface area contributed by atoms with Crippen LogP contribution in [0, 0.1) is 3.57 Å². The van der Waals surface area contributed by atoms with Crippen LogP contribution in [0.1, 0.15) is 37.0 Å². The molecule has 0 aliphatic heterocycles. The predicted molar refractivity (Wildman–Crippen MR) is 85.4 cm³/mol. The topological polar surface area (TPSA) is 49.3 Å². The number of amides is 1. The van der Waals surface area contributed by atoms with Gasteiger partial charge in [-0.3, -0.25) is 4.79 Å². The molecule has 0 saturated carbocycles. The zero-order chi connectivity index (χ0) is 13.8. The maximum atomic E-state index is 12.1. The highest BCUT2D eigenvalue weighted by atomic mass is 127. The van der Waals surface area contributed by atoms with E-state index in [0.29, 0.717) is 5.56 Å². The summed E-state index contributed by atoms with van der Waals surface area (Å²) in [7, 11) is 0. The lowest BCUT2D eigenvalue weighted by Gasteiger charge is -2.29. The first-order valence-electron chi connectivity index (χ1n) is 5.79. The predicted octanol–water partition coefficient (Wildman–Crippen LogP) is 3.68. The van der Waals surface area contributed by atoms with Gasteiger partial charge in [0.25, 0.3) is 5.91 Å². The van der Waals surface area contributed by atoms with Gasteiger partial charge in [0.2, 0.25) is 0 Å². The quantitative estimate of drug-likeness (QED) is 0.558. The van der Waals surface area contributed by atoms with Gasteiger partial charge >= 0.3 is 0 Å². The summed E-state index contributed by atoms with van der Waals surface area (Å²) in [4.78, 5) is 12.1. The zero-order valence-corrected chi connectivity index (χ0v) is 14.2. The molecule has 2 N–H and O–H groups in total. The van der Waals surface area contributed by atoms with E-state index in [-0.39, 0.29) is 17.2 Å². The molecule has 0 bridgehead atoms. The molecule has 3 nitrogen and oxygen atoms in total. The Balaban J connectivity index is 2.84. The van der Waals surface area contributed by atoms with Crippen molar-refractivity contribution in [3.05, 3.63) is 27.3 Å².